The molecule has 1 unspecified atom stereocenters. The van der Waals surface area contributed by atoms with Crippen LogP contribution in [0.3, 0.4) is 0 Å². The van der Waals surface area contributed by atoms with Gasteiger partial charge in [-0.3, -0.25) is 9.69 Å². The molecule has 1 aromatic heterocycles. The molecule has 0 aromatic carbocycles. The van der Waals surface area contributed by atoms with Gasteiger partial charge in [-0.05, 0) is 38.0 Å². The predicted octanol–water partition coefficient (Wildman–Crippen LogP) is 1.95. The Hall–Kier alpha value is -1.43. The number of rotatable bonds is 3. The number of aromatic amines is 1. The molecule has 1 aliphatic heterocycles. The molecule has 1 saturated carbocycles. The maximum absolute atomic E-state index is 12.9. The molecule has 3 aliphatic rings. The third kappa shape index (κ3) is 3.34. The normalized spacial score (nSPS) is 26.3. The van der Waals surface area contributed by atoms with Gasteiger partial charge in [-0.25, -0.2) is 0 Å². The first-order chi connectivity index (χ1) is 11.8. The summed E-state index contributed by atoms with van der Waals surface area (Å²) in [5.41, 5.74) is 1.89. The summed E-state index contributed by atoms with van der Waals surface area (Å²) >= 11 is 0. The summed E-state index contributed by atoms with van der Waals surface area (Å²) in [6, 6.07) is 0. The molecule has 2 fully saturated rings. The number of fused-ring (bicyclic) bond motifs is 1. The van der Waals surface area contributed by atoms with E-state index in [1.165, 1.54) is 38.6 Å². The summed E-state index contributed by atoms with van der Waals surface area (Å²) in [5, 5.41) is 11.2. The second-order valence-corrected chi connectivity index (χ2v) is 7.73. The van der Waals surface area contributed by atoms with Crippen LogP contribution in [0.4, 0.5) is 0 Å². The van der Waals surface area contributed by atoms with Gasteiger partial charge in [-0.15, -0.1) is 0 Å². The van der Waals surface area contributed by atoms with Gasteiger partial charge in [0.15, 0.2) is 0 Å². The molecule has 1 aromatic rings. The molecular formula is C18H29N5O. The molecule has 1 atom stereocenters. The number of amides is 1. The van der Waals surface area contributed by atoms with E-state index in [-0.39, 0.29) is 11.8 Å². The van der Waals surface area contributed by atoms with Gasteiger partial charge in [-0.1, -0.05) is 19.3 Å². The minimum absolute atomic E-state index is 0.0719. The molecule has 1 saturated heterocycles. The van der Waals surface area contributed by atoms with Crippen LogP contribution in [0.5, 0.6) is 0 Å². The van der Waals surface area contributed by atoms with E-state index < -0.39 is 0 Å². The highest BCUT2D eigenvalue weighted by Crippen LogP contribution is 2.31. The molecule has 0 bridgehead atoms. The van der Waals surface area contributed by atoms with Crippen LogP contribution in [0.1, 0.15) is 62.3 Å². The largest absolute Gasteiger partial charge is 0.340 e. The van der Waals surface area contributed by atoms with Gasteiger partial charge in [0.1, 0.15) is 0 Å². The number of H-pyrrole nitrogens is 1. The first kappa shape index (κ1) is 16.1. The third-order valence-corrected chi connectivity index (χ3v) is 6.11. The Morgan fingerprint density at radius 1 is 1.00 bits per heavy atom. The van der Waals surface area contributed by atoms with E-state index in [4.69, 9.17) is 0 Å². The average Bonchev–Trinajstić information content (AvgIpc) is 3.11. The van der Waals surface area contributed by atoms with Crippen LogP contribution in [0.2, 0.25) is 0 Å². The van der Waals surface area contributed by atoms with Crippen molar-refractivity contribution in [3.05, 3.63) is 11.4 Å². The van der Waals surface area contributed by atoms with Gasteiger partial charge in [0.2, 0.25) is 5.91 Å². The highest BCUT2D eigenvalue weighted by atomic mass is 16.2. The van der Waals surface area contributed by atoms with E-state index in [0.717, 1.165) is 62.7 Å². The van der Waals surface area contributed by atoms with E-state index in [1.54, 1.807) is 0 Å². The summed E-state index contributed by atoms with van der Waals surface area (Å²) in [5.74, 6) is 1.08. The summed E-state index contributed by atoms with van der Waals surface area (Å²) < 4.78 is 0. The van der Waals surface area contributed by atoms with Crippen molar-refractivity contribution in [3.63, 3.8) is 0 Å². The number of hydrogen-bond donors (Lipinski definition) is 1. The van der Waals surface area contributed by atoms with Crippen molar-refractivity contribution in [1.82, 2.24) is 25.2 Å². The molecule has 6 nitrogen and oxygen atoms in total. The SMILES string of the molecule is O=C(C1CCCc2n[nH]nc21)N1CCN(CC2CCCCC2)CC1. The first-order valence-corrected chi connectivity index (χ1v) is 9.72. The van der Waals surface area contributed by atoms with Gasteiger partial charge in [0.05, 0.1) is 17.3 Å². The minimum atomic E-state index is -0.0719. The number of carbonyl (C=O) groups is 1. The van der Waals surface area contributed by atoms with Crippen molar-refractivity contribution < 1.29 is 4.79 Å². The minimum Gasteiger partial charge on any atom is -0.340 e. The van der Waals surface area contributed by atoms with Gasteiger partial charge in [-0.2, -0.15) is 15.4 Å². The number of carbonyl (C=O) groups excluding carboxylic acids is 1. The summed E-state index contributed by atoms with van der Waals surface area (Å²) in [4.78, 5) is 17.6. The fourth-order valence-corrected chi connectivity index (χ4v) is 4.68. The second kappa shape index (κ2) is 7.21. The molecule has 2 heterocycles. The lowest BCUT2D eigenvalue weighted by Crippen LogP contribution is -2.51. The topological polar surface area (TPSA) is 65.1 Å². The van der Waals surface area contributed by atoms with Crippen molar-refractivity contribution in [1.29, 1.82) is 0 Å². The zero-order chi connectivity index (χ0) is 16.4. The monoisotopic (exact) mass is 331 g/mol. The predicted molar refractivity (Wildman–Crippen MR) is 91.7 cm³/mol. The van der Waals surface area contributed by atoms with E-state index >= 15 is 0 Å². The molecule has 4 rings (SSSR count). The van der Waals surface area contributed by atoms with Crippen LogP contribution in [0, 0.1) is 5.92 Å². The molecule has 2 aliphatic carbocycles. The smallest absolute Gasteiger partial charge is 0.231 e. The molecule has 0 spiro atoms. The third-order valence-electron chi connectivity index (χ3n) is 6.11. The van der Waals surface area contributed by atoms with Crippen LogP contribution < -0.4 is 0 Å². The number of nitrogens with one attached hydrogen (secondary N) is 1. The number of piperazine rings is 1. The molecule has 24 heavy (non-hydrogen) atoms. The Labute approximate surface area is 144 Å². The van der Waals surface area contributed by atoms with E-state index in [2.05, 4.69) is 25.2 Å². The molecular weight excluding hydrogens is 302 g/mol. The molecule has 6 heteroatoms. The quantitative estimate of drug-likeness (QED) is 0.919. The van der Waals surface area contributed by atoms with Crippen molar-refractivity contribution >= 4 is 5.91 Å². The van der Waals surface area contributed by atoms with Crippen LogP contribution in [-0.4, -0.2) is 63.8 Å². The van der Waals surface area contributed by atoms with Crippen LogP contribution in [0.15, 0.2) is 0 Å². The van der Waals surface area contributed by atoms with Gasteiger partial charge in [0.25, 0.3) is 0 Å². The van der Waals surface area contributed by atoms with Gasteiger partial charge >= 0.3 is 0 Å². The van der Waals surface area contributed by atoms with E-state index in [9.17, 15) is 4.79 Å². The lowest BCUT2D eigenvalue weighted by Gasteiger charge is -2.38. The zero-order valence-corrected chi connectivity index (χ0v) is 14.5. The van der Waals surface area contributed by atoms with Gasteiger partial charge in [0, 0.05) is 32.7 Å². The number of hydrogen-bond acceptors (Lipinski definition) is 4. The van der Waals surface area contributed by atoms with Crippen LogP contribution in [-0.2, 0) is 11.2 Å². The average molecular weight is 331 g/mol. The Morgan fingerprint density at radius 3 is 2.58 bits per heavy atom. The van der Waals surface area contributed by atoms with E-state index in [1.807, 2.05) is 0 Å². The van der Waals surface area contributed by atoms with Crippen molar-refractivity contribution in [2.24, 2.45) is 5.92 Å². The summed E-state index contributed by atoms with van der Waals surface area (Å²) in [7, 11) is 0. The Kier molecular flexibility index (Phi) is 4.83. The fraction of sp³-hybridized carbons (Fsp3) is 0.833. The number of nitrogens with zero attached hydrogens (tertiary/aromatic N) is 4. The number of aromatic nitrogens is 3. The maximum atomic E-state index is 12.9. The standard InChI is InChI=1S/C18H29N5O/c24-18(15-7-4-8-16-17(15)20-21-19-16)23-11-9-22(10-12-23)13-14-5-2-1-3-6-14/h14-15H,1-13H2,(H,19,20,21). The van der Waals surface area contributed by atoms with Crippen LogP contribution in [0.25, 0.3) is 0 Å². The number of aryl methyl sites for hydroxylation is 1. The Balaban J connectivity index is 1.30. The zero-order valence-electron chi connectivity index (χ0n) is 14.5. The van der Waals surface area contributed by atoms with Crippen LogP contribution >= 0.6 is 0 Å². The van der Waals surface area contributed by atoms with Crippen molar-refractivity contribution in [3.8, 4) is 0 Å². The Bertz CT molecular complexity index is 558. The fourth-order valence-electron chi connectivity index (χ4n) is 4.68. The van der Waals surface area contributed by atoms with Crippen molar-refractivity contribution in [2.45, 2.75) is 57.3 Å². The lowest BCUT2D eigenvalue weighted by molar-refractivity contribution is -0.135. The second-order valence-electron chi connectivity index (χ2n) is 7.73. The highest BCUT2D eigenvalue weighted by molar-refractivity contribution is 5.83. The summed E-state index contributed by atoms with van der Waals surface area (Å²) in [6.45, 7) is 5.03. The molecule has 132 valence electrons. The molecule has 0 radical (unpaired) electrons. The Morgan fingerprint density at radius 2 is 1.79 bits per heavy atom. The lowest BCUT2D eigenvalue weighted by atomic mass is 9.88. The summed E-state index contributed by atoms with van der Waals surface area (Å²) in [6.07, 6.45) is 9.94. The van der Waals surface area contributed by atoms with Crippen molar-refractivity contribution in [2.75, 3.05) is 32.7 Å². The van der Waals surface area contributed by atoms with Gasteiger partial charge < -0.3 is 4.90 Å². The molecule has 1 N–H and O–H groups in total. The maximum Gasteiger partial charge on any atom is 0.231 e. The highest BCUT2D eigenvalue weighted by Gasteiger charge is 2.34. The van der Waals surface area contributed by atoms with E-state index in [0.29, 0.717) is 0 Å². The molecule has 1 amide bonds. The first-order valence-electron chi connectivity index (χ1n) is 9.72.